The van der Waals surface area contributed by atoms with E-state index >= 15 is 0 Å². The van der Waals surface area contributed by atoms with Crippen LogP contribution in [0.4, 0.5) is 0 Å². The van der Waals surface area contributed by atoms with Crippen LogP contribution in [0.15, 0.2) is 163 Å². The first-order valence-electron chi connectivity index (χ1n) is 18.6. The van der Waals surface area contributed by atoms with Crippen molar-refractivity contribution in [3.05, 3.63) is 197 Å². The summed E-state index contributed by atoms with van der Waals surface area (Å²) in [5.41, 5.74) is 6.96. The third kappa shape index (κ3) is 8.64. The molecule has 0 aliphatic heterocycles. The van der Waals surface area contributed by atoms with E-state index in [0.29, 0.717) is 12.1 Å². The lowest BCUT2D eigenvalue weighted by Crippen LogP contribution is -2.41. The number of fused-ring (bicyclic) bond motifs is 1. The molecule has 2 amide bonds. The molecule has 1 aliphatic carbocycles. The number of carbonyl (C=O) groups excluding carboxylic acids is 3. The molecule has 0 saturated carbocycles. The van der Waals surface area contributed by atoms with Crippen molar-refractivity contribution < 1.29 is 27.5 Å². The molecule has 6 aromatic rings. The van der Waals surface area contributed by atoms with Crippen molar-refractivity contribution >= 4 is 27.8 Å². The van der Waals surface area contributed by atoms with Crippen molar-refractivity contribution in [1.82, 2.24) is 9.62 Å². The van der Waals surface area contributed by atoms with Gasteiger partial charge in [0.05, 0.1) is 25.1 Å². The van der Waals surface area contributed by atoms with Crippen LogP contribution in [0.3, 0.4) is 0 Å². The number of ether oxygens (including phenoxy) is 1. The number of carbonyl (C=O) groups is 3. The zero-order valence-corrected chi connectivity index (χ0v) is 31.8. The second kappa shape index (κ2) is 17.0. The highest BCUT2D eigenvalue weighted by atomic mass is 32.2. The van der Waals surface area contributed by atoms with Crippen LogP contribution in [-0.2, 0) is 45.4 Å². The normalized spacial score (nSPS) is 14.9. The molecule has 0 aromatic heterocycles. The van der Waals surface area contributed by atoms with Gasteiger partial charge in [-0.3, -0.25) is 9.59 Å². The standard InChI is InChI=1S/C47H42N2O6S/c1-55-47(52)42-24-10-11-25-43(42)56(53,54)48-46(51)40-22-13-21-38(31-40)37-20-12-18-35(29-37)30-44(50)49(32-34-16-6-3-7-17-34)45-39(28-33-14-4-2-5-15-33)27-26-36-19-8-9-23-41(36)45/h2-25,29,31,39,45H,26-28,30,32H2,1H3,(H,48,51)/t39-,45-/m0/s1. The predicted molar refractivity (Wildman–Crippen MR) is 216 cm³/mol. The molecule has 7 rings (SSSR count). The molecule has 0 heterocycles. The summed E-state index contributed by atoms with van der Waals surface area (Å²) in [6, 6.07) is 48.8. The van der Waals surface area contributed by atoms with Gasteiger partial charge in [-0.1, -0.05) is 133 Å². The number of rotatable bonds is 12. The van der Waals surface area contributed by atoms with Crippen LogP contribution in [0.1, 0.15) is 61.0 Å². The summed E-state index contributed by atoms with van der Waals surface area (Å²) in [7, 11) is -3.26. The van der Waals surface area contributed by atoms with E-state index in [1.54, 1.807) is 12.1 Å². The second-order valence-electron chi connectivity index (χ2n) is 14.0. The maximum absolute atomic E-state index is 14.7. The van der Waals surface area contributed by atoms with Gasteiger partial charge in [-0.05, 0) is 88.4 Å². The highest BCUT2D eigenvalue weighted by Crippen LogP contribution is 2.41. The highest BCUT2D eigenvalue weighted by Gasteiger charge is 2.36. The fraction of sp³-hybridized carbons (Fsp3) is 0.170. The zero-order valence-electron chi connectivity index (χ0n) is 31.0. The summed E-state index contributed by atoms with van der Waals surface area (Å²) in [4.78, 5) is 42.0. The SMILES string of the molecule is COC(=O)c1ccccc1S(=O)(=O)NC(=O)c1cccc(-c2cccc(CC(=O)N(Cc3ccccc3)[C@@H]3c4ccccc4CC[C@H]3Cc3ccccc3)c2)c1. The molecule has 0 spiro atoms. The first-order valence-corrected chi connectivity index (χ1v) is 20.1. The number of benzene rings is 6. The molecule has 6 aromatic carbocycles. The van der Waals surface area contributed by atoms with Gasteiger partial charge in [0.1, 0.15) is 4.90 Å². The largest absolute Gasteiger partial charge is 0.465 e. The molecule has 0 radical (unpaired) electrons. The number of amides is 2. The Balaban J connectivity index is 1.16. The molecule has 8 nitrogen and oxygen atoms in total. The molecule has 0 bridgehead atoms. The van der Waals surface area contributed by atoms with Crippen LogP contribution in [0.25, 0.3) is 11.1 Å². The van der Waals surface area contributed by atoms with Crippen molar-refractivity contribution in [2.75, 3.05) is 7.11 Å². The lowest BCUT2D eigenvalue weighted by Gasteiger charge is -2.42. The number of hydrogen-bond donors (Lipinski definition) is 1. The van der Waals surface area contributed by atoms with Crippen LogP contribution >= 0.6 is 0 Å². The number of nitrogens with zero attached hydrogens (tertiary/aromatic N) is 1. The maximum Gasteiger partial charge on any atom is 0.339 e. The van der Waals surface area contributed by atoms with E-state index in [2.05, 4.69) is 70.3 Å². The molecule has 1 N–H and O–H groups in total. The van der Waals surface area contributed by atoms with Crippen molar-refractivity contribution in [3.8, 4) is 11.1 Å². The van der Waals surface area contributed by atoms with E-state index in [-0.39, 0.29) is 40.3 Å². The van der Waals surface area contributed by atoms with E-state index in [9.17, 15) is 22.8 Å². The third-order valence-electron chi connectivity index (χ3n) is 10.3. The van der Waals surface area contributed by atoms with Gasteiger partial charge >= 0.3 is 5.97 Å². The van der Waals surface area contributed by atoms with Crippen molar-refractivity contribution in [2.24, 2.45) is 5.92 Å². The molecular formula is C47H42N2O6S. The molecule has 9 heteroatoms. The van der Waals surface area contributed by atoms with E-state index < -0.39 is 21.9 Å². The summed E-state index contributed by atoms with van der Waals surface area (Å²) in [6.07, 6.45) is 2.95. The molecule has 1 aliphatic rings. The molecule has 282 valence electrons. The van der Waals surface area contributed by atoms with Crippen molar-refractivity contribution in [2.45, 2.75) is 43.2 Å². The Morgan fingerprint density at radius 3 is 2.07 bits per heavy atom. The fourth-order valence-electron chi connectivity index (χ4n) is 7.67. The Labute approximate surface area is 327 Å². The first-order chi connectivity index (χ1) is 27.2. The van der Waals surface area contributed by atoms with Gasteiger partial charge < -0.3 is 9.64 Å². The van der Waals surface area contributed by atoms with Gasteiger partial charge in [0, 0.05) is 12.1 Å². The predicted octanol–water partition coefficient (Wildman–Crippen LogP) is 8.38. The summed E-state index contributed by atoms with van der Waals surface area (Å²) < 4.78 is 33.3. The number of sulfonamides is 1. The summed E-state index contributed by atoms with van der Waals surface area (Å²) >= 11 is 0. The average Bonchev–Trinajstić information content (AvgIpc) is 3.23. The minimum atomic E-state index is -4.41. The van der Waals surface area contributed by atoms with Crippen LogP contribution in [0.2, 0.25) is 0 Å². The summed E-state index contributed by atoms with van der Waals surface area (Å²) in [6.45, 7) is 0.466. The maximum atomic E-state index is 14.7. The second-order valence-corrected chi connectivity index (χ2v) is 15.7. The summed E-state index contributed by atoms with van der Waals surface area (Å²) in [5.74, 6) is -1.46. The van der Waals surface area contributed by atoms with E-state index in [1.165, 1.54) is 47.0 Å². The van der Waals surface area contributed by atoms with Crippen LogP contribution in [-0.4, -0.2) is 38.2 Å². The Morgan fingerprint density at radius 1 is 0.696 bits per heavy atom. The van der Waals surface area contributed by atoms with Gasteiger partial charge in [-0.25, -0.2) is 17.9 Å². The average molecular weight is 763 g/mol. The number of methoxy groups -OCH3 is 1. The van der Waals surface area contributed by atoms with Gasteiger partial charge in [0.25, 0.3) is 15.9 Å². The Morgan fingerprint density at radius 2 is 1.32 bits per heavy atom. The summed E-state index contributed by atoms with van der Waals surface area (Å²) in [5, 5.41) is 0. The highest BCUT2D eigenvalue weighted by molar-refractivity contribution is 7.90. The van der Waals surface area contributed by atoms with Gasteiger partial charge in [0.2, 0.25) is 5.91 Å². The van der Waals surface area contributed by atoms with Crippen LogP contribution in [0.5, 0.6) is 0 Å². The first kappa shape index (κ1) is 38.0. The molecular weight excluding hydrogens is 721 g/mol. The van der Waals surface area contributed by atoms with Crippen molar-refractivity contribution in [3.63, 3.8) is 0 Å². The van der Waals surface area contributed by atoms with E-state index in [0.717, 1.165) is 43.1 Å². The number of hydrogen-bond acceptors (Lipinski definition) is 6. The minimum absolute atomic E-state index is 0.0105. The lowest BCUT2D eigenvalue weighted by atomic mass is 9.76. The Hall–Kier alpha value is -6.32. The zero-order chi connectivity index (χ0) is 39.1. The fourth-order valence-corrected chi connectivity index (χ4v) is 8.84. The van der Waals surface area contributed by atoms with E-state index in [4.69, 9.17) is 4.74 Å². The molecule has 0 saturated heterocycles. The van der Waals surface area contributed by atoms with E-state index in [1.807, 2.05) is 54.6 Å². The minimum Gasteiger partial charge on any atom is -0.465 e. The van der Waals surface area contributed by atoms with Gasteiger partial charge in [-0.15, -0.1) is 0 Å². The lowest BCUT2D eigenvalue weighted by molar-refractivity contribution is -0.135. The smallest absolute Gasteiger partial charge is 0.339 e. The third-order valence-corrected chi connectivity index (χ3v) is 11.7. The topological polar surface area (TPSA) is 110 Å². The quantitative estimate of drug-likeness (QED) is 0.126. The van der Waals surface area contributed by atoms with Gasteiger partial charge in [0.15, 0.2) is 0 Å². The van der Waals surface area contributed by atoms with Crippen LogP contribution < -0.4 is 4.72 Å². The molecule has 56 heavy (non-hydrogen) atoms. The Kier molecular flexibility index (Phi) is 11.5. The number of nitrogens with one attached hydrogen (secondary N) is 1. The van der Waals surface area contributed by atoms with Crippen molar-refractivity contribution in [1.29, 1.82) is 0 Å². The molecule has 0 unspecified atom stereocenters. The molecule has 2 atom stereocenters. The molecule has 0 fully saturated rings. The monoisotopic (exact) mass is 762 g/mol. The van der Waals surface area contributed by atoms with Gasteiger partial charge in [-0.2, -0.15) is 0 Å². The number of aryl methyl sites for hydroxylation is 1. The Bertz CT molecular complexity index is 2470. The van der Waals surface area contributed by atoms with Crippen LogP contribution in [0, 0.1) is 5.92 Å². The number of esters is 1.